The molecule has 0 saturated carbocycles. The number of piperidine rings is 1. The van der Waals surface area contributed by atoms with Crippen LogP contribution in [0.1, 0.15) is 52.9 Å². The molecule has 2 nitrogen and oxygen atoms in total. The smallest absolute Gasteiger partial charge is 0.0223 e. The Hall–Kier alpha value is 0.400. The van der Waals surface area contributed by atoms with E-state index in [4.69, 9.17) is 0 Å². The molecule has 112 valence electrons. The Morgan fingerprint density at radius 3 is 2.53 bits per heavy atom. The average molecular weight is 331 g/mol. The van der Waals surface area contributed by atoms with Crippen molar-refractivity contribution in [3.8, 4) is 0 Å². The maximum absolute atomic E-state index is 3.77. The number of rotatable bonds is 5. The van der Waals surface area contributed by atoms with E-state index in [-0.39, 0.29) is 0 Å². The predicted molar refractivity (Wildman–Crippen MR) is 87.1 cm³/mol. The summed E-state index contributed by atoms with van der Waals surface area (Å²) in [5, 5.41) is 1.14. The summed E-state index contributed by atoms with van der Waals surface area (Å²) in [6.07, 6.45) is 6.84. The number of hydrogen-bond donors (Lipinski definition) is 0. The van der Waals surface area contributed by atoms with Crippen molar-refractivity contribution in [1.82, 2.24) is 9.80 Å². The van der Waals surface area contributed by atoms with Gasteiger partial charge in [-0.05, 0) is 44.6 Å². The number of fused-ring (bicyclic) bond motifs is 1. The molecule has 0 spiro atoms. The van der Waals surface area contributed by atoms with Crippen LogP contribution in [-0.2, 0) is 0 Å². The van der Waals surface area contributed by atoms with Gasteiger partial charge in [0.25, 0.3) is 0 Å². The van der Waals surface area contributed by atoms with E-state index in [0.29, 0.717) is 5.41 Å². The van der Waals surface area contributed by atoms with Gasteiger partial charge in [-0.2, -0.15) is 0 Å². The third-order valence-electron chi connectivity index (χ3n) is 5.64. The van der Waals surface area contributed by atoms with Crippen LogP contribution in [0.25, 0.3) is 0 Å². The quantitative estimate of drug-likeness (QED) is 0.708. The molecule has 2 atom stereocenters. The topological polar surface area (TPSA) is 6.48 Å². The minimum atomic E-state index is 0.477. The summed E-state index contributed by atoms with van der Waals surface area (Å²) in [6.45, 7) is 12.3. The largest absolute Gasteiger partial charge is 0.298 e. The van der Waals surface area contributed by atoms with Crippen LogP contribution in [0, 0.1) is 5.41 Å². The molecular weight excluding hydrogens is 300 g/mol. The molecule has 0 aromatic carbocycles. The Morgan fingerprint density at radius 2 is 1.89 bits per heavy atom. The normalized spacial score (nSPS) is 30.3. The molecule has 0 aromatic rings. The van der Waals surface area contributed by atoms with Crippen LogP contribution < -0.4 is 0 Å². The van der Waals surface area contributed by atoms with E-state index >= 15 is 0 Å². The van der Waals surface area contributed by atoms with E-state index in [1.807, 2.05) is 0 Å². The summed E-state index contributed by atoms with van der Waals surface area (Å²) in [7, 11) is 0. The molecule has 2 unspecified atom stereocenters. The number of halogens is 1. The first-order valence-corrected chi connectivity index (χ1v) is 9.30. The highest BCUT2D eigenvalue weighted by Crippen LogP contribution is 2.33. The van der Waals surface area contributed by atoms with Gasteiger partial charge in [-0.1, -0.05) is 36.2 Å². The zero-order valence-corrected chi connectivity index (χ0v) is 14.6. The van der Waals surface area contributed by atoms with E-state index in [0.717, 1.165) is 17.4 Å². The number of hydrogen-bond acceptors (Lipinski definition) is 2. The standard InChI is InChI=1S/C16H31BrN2/c1-4-16(5-2,12-17)13-19-11-15-8-6-7-9-18(15)10-14(19)3/h14-15H,4-13H2,1-3H3. The fourth-order valence-corrected chi connectivity index (χ4v) is 4.74. The van der Waals surface area contributed by atoms with Gasteiger partial charge < -0.3 is 0 Å². The van der Waals surface area contributed by atoms with E-state index in [1.54, 1.807) is 0 Å². The summed E-state index contributed by atoms with van der Waals surface area (Å²) in [6, 6.07) is 1.57. The molecule has 2 fully saturated rings. The van der Waals surface area contributed by atoms with Crippen molar-refractivity contribution in [3.05, 3.63) is 0 Å². The Kier molecular flexibility index (Phi) is 5.74. The van der Waals surface area contributed by atoms with Crippen molar-refractivity contribution >= 4 is 15.9 Å². The van der Waals surface area contributed by atoms with Gasteiger partial charge in [0.15, 0.2) is 0 Å². The maximum Gasteiger partial charge on any atom is 0.0223 e. The van der Waals surface area contributed by atoms with Crippen LogP contribution in [0.4, 0.5) is 0 Å². The summed E-state index contributed by atoms with van der Waals surface area (Å²) < 4.78 is 0. The second-order valence-electron chi connectivity index (χ2n) is 6.76. The van der Waals surface area contributed by atoms with Crippen LogP contribution in [0.2, 0.25) is 0 Å². The van der Waals surface area contributed by atoms with E-state index in [9.17, 15) is 0 Å². The van der Waals surface area contributed by atoms with Gasteiger partial charge in [0.2, 0.25) is 0 Å². The van der Waals surface area contributed by atoms with Crippen molar-refractivity contribution in [3.63, 3.8) is 0 Å². The van der Waals surface area contributed by atoms with Gasteiger partial charge in [-0.15, -0.1) is 0 Å². The lowest BCUT2D eigenvalue weighted by Crippen LogP contribution is -2.60. The minimum absolute atomic E-state index is 0.477. The van der Waals surface area contributed by atoms with Crippen molar-refractivity contribution in [2.75, 3.05) is 31.5 Å². The van der Waals surface area contributed by atoms with Gasteiger partial charge >= 0.3 is 0 Å². The lowest BCUT2D eigenvalue weighted by atomic mass is 9.83. The highest BCUT2D eigenvalue weighted by molar-refractivity contribution is 9.09. The Bertz CT molecular complexity index is 270. The van der Waals surface area contributed by atoms with Gasteiger partial charge in [0, 0.05) is 37.0 Å². The van der Waals surface area contributed by atoms with Crippen molar-refractivity contribution in [2.24, 2.45) is 5.41 Å². The molecular formula is C16H31BrN2. The molecule has 0 aromatic heterocycles. The SMILES string of the molecule is CCC(CC)(CBr)CN1CC2CCCCN2CC1C. The van der Waals surface area contributed by atoms with Crippen molar-refractivity contribution < 1.29 is 0 Å². The number of nitrogens with zero attached hydrogens (tertiary/aromatic N) is 2. The van der Waals surface area contributed by atoms with Gasteiger partial charge in [0.05, 0.1) is 0 Å². The van der Waals surface area contributed by atoms with Crippen molar-refractivity contribution in [1.29, 1.82) is 0 Å². The first-order valence-electron chi connectivity index (χ1n) is 8.18. The molecule has 2 rings (SSSR count). The average Bonchev–Trinajstić information content (AvgIpc) is 2.45. The molecule has 19 heavy (non-hydrogen) atoms. The molecule has 2 saturated heterocycles. The molecule has 0 aliphatic carbocycles. The second kappa shape index (κ2) is 6.91. The first-order chi connectivity index (χ1) is 9.14. The Morgan fingerprint density at radius 1 is 1.16 bits per heavy atom. The van der Waals surface area contributed by atoms with Gasteiger partial charge in [-0.25, -0.2) is 0 Å². The highest BCUT2D eigenvalue weighted by Gasteiger charge is 2.36. The molecule has 0 radical (unpaired) electrons. The predicted octanol–water partition coefficient (Wildman–Crippen LogP) is 3.75. The molecule has 0 N–H and O–H groups in total. The summed E-state index contributed by atoms with van der Waals surface area (Å²) in [5.41, 5.74) is 0.477. The lowest BCUT2D eigenvalue weighted by Gasteiger charge is -2.50. The fraction of sp³-hybridized carbons (Fsp3) is 1.00. The zero-order chi connectivity index (χ0) is 13.9. The Balaban J connectivity index is 1.99. The van der Waals surface area contributed by atoms with E-state index in [1.165, 1.54) is 58.3 Å². The van der Waals surface area contributed by atoms with Crippen LogP contribution in [0.15, 0.2) is 0 Å². The third kappa shape index (κ3) is 3.54. The summed E-state index contributed by atoms with van der Waals surface area (Å²) >= 11 is 3.77. The minimum Gasteiger partial charge on any atom is -0.298 e. The zero-order valence-electron chi connectivity index (χ0n) is 13.0. The third-order valence-corrected chi connectivity index (χ3v) is 6.83. The number of piperazine rings is 1. The van der Waals surface area contributed by atoms with Crippen LogP contribution >= 0.6 is 15.9 Å². The fourth-order valence-electron chi connectivity index (χ4n) is 3.77. The summed E-state index contributed by atoms with van der Waals surface area (Å²) in [5.74, 6) is 0. The Labute approximate surface area is 128 Å². The van der Waals surface area contributed by atoms with E-state index in [2.05, 4.69) is 46.5 Å². The molecule has 0 bridgehead atoms. The molecule has 2 aliphatic heterocycles. The molecule has 0 amide bonds. The number of alkyl halides is 1. The summed E-state index contributed by atoms with van der Waals surface area (Å²) in [4.78, 5) is 5.53. The second-order valence-corrected chi connectivity index (χ2v) is 7.32. The van der Waals surface area contributed by atoms with Gasteiger partial charge in [0.1, 0.15) is 0 Å². The molecule has 3 heteroatoms. The monoisotopic (exact) mass is 330 g/mol. The maximum atomic E-state index is 3.77. The molecule has 2 aliphatic rings. The highest BCUT2D eigenvalue weighted by atomic mass is 79.9. The first kappa shape index (κ1) is 15.8. The molecule has 2 heterocycles. The lowest BCUT2D eigenvalue weighted by molar-refractivity contribution is -0.00486. The van der Waals surface area contributed by atoms with Gasteiger partial charge in [-0.3, -0.25) is 9.80 Å². The van der Waals surface area contributed by atoms with Crippen LogP contribution in [-0.4, -0.2) is 53.4 Å². The van der Waals surface area contributed by atoms with Crippen LogP contribution in [0.3, 0.4) is 0 Å². The van der Waals surface area contributed by atoms with Crippen LogP contribution in [0.5, 0.6) is 0 Å². The van der Waals surface area contributed by atoms with E-state index < -0.39 is 0 Å². The van der Waals surface area contributed by atoms with Crippen molar-refractivity contribution in [2.45, 2.75) is 65.0 Å².